The summed E-state index contributed by atoms with van der Waals surface area (Å²) >= 11 is 0. The van der Waals surface area contributed by atoms with Gasteiger partial charge in [-0.3, -0.25) is 4.79 Å². The Morgan fingerprint density at radius 3 is 2.35 bits per heavy atom. The molecule has 0 aliphatic rings. The molecule has 1 N–H and O–H groups in total. The molecule has 0 radical (unpaired) electrons. The Morgan fingerprint density at radius 1 is 1.25 bits per heavy atom. The van der Waals surface area contributed by atoms with Crippen LogP contribution < -0.4 is 5.56 Å². The summed E-state index contributed by atoms with van der Waals surface area (Å²) in [7, 11) is 0. The van der Waals surface area contributed by atoms with Gasteiger partial charge in [0.25, 0.3) is 5.56 Å². The third kappa shape index (κ3) is 2.30. The maximum atomic E-state index is 12.3. The van der Waals surface area contributed by atoms with Gasteiger partial charge in [0.05, 0.1) is 0 Å². The van der Waals surface area contributed by atoms with Crippen LogP contribution in [0.5, 0.6) is 5.75 Å². The van der Waals surface area contributed by atoms with Crippen molar-refractivity contribution in [3.8, 4) is 22.9 Å². The molecular formula is C16H16N2O2. The number of aromatic nitrogens is 1. The highest BCUT2D eigenvalue weighted by Gasteiger charge is 2.16. The van der Waals surface area contributed by atoms with Crippen LogP contribution in [-0.4, -0.2) is 9.67 Å². The van der Waals surface area contributed by atoms with E-state index in [1.165, 1.54) is 0 Å². The maximum Gasteiger partial charge on any atom is 0.269 e. The van der Waals surface area contributed by atoms with E-state index >= 15 is 0 Å². The van der Waals surface area contributed by atoms with Crippen molar-refractivity contribution in [2.45, 2.75) is 26.8 Å². The molecular weight excluding hydrogens is 252 g/mol. The largest absolute Gasteiger partial charge is 0.508 e. The average Bonchev–Trinajstić information content (AvgIpc) is 2.41. The standard InChI is InChI=1S/C16H16N2O2/c1-10(2)18-9-11(3)15(14(8-17)16(18)20)12-4-6-13(19)7-5-12/h4-7,9-10,19H,1-3H3. The Morgan fingerprint density at radius 2 is 1.85 bits per heavy atom. The molecule has 0 amide bonds. The summed E-state index contributed by atoms with van der Waals surface area (Å²) < 4.78 is 1.57. The second kappa shape index (κ2) is 5.22. The van der Waals surface area contributed by atoms with Crippen molar-refractivity contribution in [1.29, 1.82) is 5.26 Å². The first-order valence-corrected chi connectivity index (χ1v) is 6.41. The van der Waals surface area contributed by atoms with Gasteiger partial charge in [0.15, 0.2) is 0 Å². The quantitative estimate of drug-likeness (QED) is 0.910. The number of rotatable bonds is 2. The van der Waals surface area contributed by atoms with E-state index in [-0.39, 0.29) is 22.9 Å². The number of aryl methyl sites for hydroxylation is 1. The van der Waals surface area contributed by atoms with Gasteiger partial charge in [-0.25, -0.2) is 0 Å². The predicted molar refractivity (Wildman–Crippen MR) is 77.6 cm³/mol. The fourth-order valence-corrected chi connectivity index (χ4v) is 2.25. The zero-order chi connectivity index (χ0) is 14.9. The number of nitriles is 1. The molecule has 4 nitrogen and oxygen atoms in total. The van der Waals surface area contributed by atoms with Crippen molar-refractivity contribution < 1.29 is 5.11 Å². The van der Waals surface area contributed by atoms with Gasteiger partial charge in [-0.05, 0) is 44.0 Å². The molecule has 2 aromatic rings. The van der Waals surface area contributed by atoms with Gasteiger partial charge >= 0.3 is 0 Å². The molecule has 1 aromatic carbocycles. The van der Waals surface area contributed by atoms with E-state index < -0.39 is 0 Å². The number of pyridine rings is 1. The minimum Gasteiger partial charge on any atom is -0.508 e. The minimum atomic E-state index is -0.281. The predicted octanol–water partition coefficient (Wildman–Crippen LogP) is 2.98. The molecule has 0 saturated heterocycles. The Bertz CT molecular complexity index is 735. The van der Waals surface area contributed by atoms with Gasteiger partial charge in [0.1, 0.15) is 17.4 Å². The first-order chi connectivity index (χ1) is 9.45. The summed E-state index contributed by atoms with van der Waals surface area (Å²) in [5.41, 5.74) is 2.11. The van der Waals surface area contributed by atoms with Gasteiger partial charge < -0.3 is 9.67 Å². The van der Waals surface area contributed by atoms with Gasteiger partial charge in [-0.15, -0.1) is 0 Å². The zero-order valence-corrected chi connectivity index (χ0v) is 11.7. The van der Waals surface area contributed by atoms with Gasteiger partial charge in [0, 0.05) is 17.8 Å². The van der Waals surface area contributed by atoms with Crippen LogP contribution in [0.3, 0.4) is 0 Å². The summed E-state index contributed by atoms with van der Waals surface area (Å²) in [6, 6.07) is 8.52. The van der Waals surface area contributed by atoms with Crippen LogP contribution in [-0.2, 0) is 0 Å². The molecule has 0 fully saturated rings. The first kappa shape index (κ1) is 13.9. The molecule has 0 atom stereocenters. The van der Waals surface area contributed by atoms with Crippen molar-refractivity contribution >= 4 is 0 Å². The lowest BCUT2D eigenvalue weighted by atomic mass is 9.97. The molecule has 1 heterocycles. The first-order valence-electron chi connectivity index (χ1n) is 6.41. The van der Waals surface area contributed by atoms with E-state index in [9.17, 15) is 15.2 Å². The Balaban J connectivity index is 2.78. The average molecular weight is 268 g/mol. The third-order valence-corrected chi connectivity index (χ3v) is 3.25. The lowest BCUT2D eigenvalue weighted by Gasteiger charge is -2.15. The molecule has 1 aromatic heterocycles. The van der Waals surface area contributed by atoms with Crippen LogP contribution >= 0.6 is 0 Å². The Hall–Kier alpha value is -2.54. The fourth-order valence-electron chi connectivity index (χ4n) is 2.25. The highest BCUT2D eigenvalue weighted by Crippen LogP contribution is 2.27. The zero-order valence-electron chi connectivity index (χ0n) is 11.7. The fraction of sp³-hybridized carbons (Fsp3) is 0.250. The van der Waals surface area contributed by atoms with Crippen LogP contribution in [0.4, 0.5) is 0 Å². The lowest BCUT2D eigenvalue weighted by molar-refractivity contribution is 0.475. The molecule has 0 spiro atoms. The second-order valence-corrected chi connectivity index (χ2v) is 5.03. The van der Waals surface area contributed by atoms with Crippen LogP contribution in [0.15, 0.2) is 35.3 Å². The van der Waals surface area contributed by atoms with Crippen molar-refractivity contribution in [2.24, 2.45) is 0 Å². The normalized spacial score (nSPS) is 10.6. The molecule has 0 saturated carbocycles. The molecule has 20 heavy (non-hydrogen) atoms. The lowest BCUT2D eigenvalue weighted by Crippen LogP contribution is -2.25. The van der Waals surface area contributed by atoms with Crippen molar-refractivity contribution in [2.75, 3.05) is 0 Å². The van der Waals surface area contributed by atoms with E-state index in [1.54, 1.807) is 35.0 Å². The molecule has 0 unspecified atom stereocenters. The smallest absolute Gasteiger partial charge is 0.269 e. The van der Waals surface area contributed by atoms with Crippen LogP contribution in [0, 0.1) is 18.3 Å². The topological polar surface area (TPSA) is 66.0 Å². The van der Waals surface area contributed by atoms with E-state index in [0.717, 1.165) is 11.1 Å². The molecule has 4 heteroatoms. The highest BCUT2D eigenvalue weighted by molar-refractivity contribution is 5.73. The van der Waals surface area contributed by atoms with Crippen molar-refractivity contribution in [3.05, 3.63) is 51.9 Å². The molecule has 0 aliphatic carbocycles. The molecule has 2 rings (SSSR count). The van der Waals surface area contributed by atoms with Gasteiger partial charge in [-0.1, -0.05) is 12.1 Å². The highest BCUT2D eigenvalue weighted by atomic mass is 16.3. The summed E-state index contributed by atoms with van der Waals surface area (Å²) in [5.74, 6) is 0.153. The van der Waals surface area contributed by atoms with E-state index in [4.69, 9.17) is 0 Å². The number of aromatic hydroxyl groups is 1. The SMILES string of the molecule is Cc1cn(C(C)C)c(=O)c(C#N)c1-c1ccc(O)cc1. The Labute approximate surface area is 117 Å². The summed E-state index contributed by atoms with van der Waals surface area (Å²) in [6.07, 6.45) is 1.77. The summed E-state index contributed by atoms with van der Waals surface area (Å²) in [5, 5.41) is 18.7. The van der Waals surface area contributed by atoms with Gasteiger partial charge in [-0.2, -0.15) is 5.26 Å². The molecule has 0 bridgehead atoms. The number of phenolic OH excluding ortho intramolecular Hbond substituents is 1. The molecule has 0 aliphatic heterocycles. The summed E-state index contributed by atoms with van der Waals surface area (Å²) in [6.45, 7) is 5.69. The number of nitrogens with zero attached hydrogens (tertiary/aromatic N) is 2. The number of hydrogen-bond donors (Lipinski definition) is 1. The van der Waals surface area contributed by atoms with E-state index in [1.807, 2.05) is 26.8 Å². The van der Waals surface area contributed by atoms with Crippen LogP contribution in [0.25, 0.3) is 11.1 Å². The van der Waals surface area contributed by atoms with E-state index in [2.05, 4.69) is 0 Å². The number of benzene rings is 1. The maximum absolute atomic E-state index is 12.3. The van der Waals surface area contributed by atoms with E-state index in [0.29, 0.717) is 5.56 Å². The van der Waals surface area contributed by atoms with Crippen molar-refractivity contribution in [3.63, 3.8) is 0 Å². The van der Waals surface area contributed by atoms with Crippen molar-refractivity contribution in [1.82, 2.24) is 4.57 Å². The van der Waals surface area contributed by atoms with Gasteiger partial charge in [0.2, 0.25) is 0 Å². The summed E-state index contributed by atoms with van der Waals surface area (Å²) in [4.78, 5) is 12.3. The second-order valence-electron chi connectivity index (χ2n) is 5.03. The third-order valence-electron chi connectivity index (χ3n) is 3.25. The Kier molecular flexibility index (Phi) is 3.62. The minimum absolute atomic E-state index is 0.00201. The number of phenols is 1. The van der Waals surface area contributed by atoms with Crippen LogP contribution in [0.1, 0.15) is 31.0 Å². The van der Waals surface area contributed by atoms with Crippen LogP contribution in [0.2, 0.25) is 0 Å². The monoisotopic (exact) mass is 268 g/mol. The number of hydrogen-bond acceptors (Lipinski definition) is 3. The molecule has 102 valence electrons.